The molecule has 1 unspecified atom stereocenters. The highest BCUT2D eigenvalue weighted by molar-refractivity contribution is 5.72. The number of esters is 1. The monoisotopic (exact) mass is 276 g/mol. The Hall–Kier alpha value is -1.90. The molecule has 108 valence electrons. The van der Waals surface area contributed by atoms with Crippen LogP contribution in [0.25, 0.3) is 0 Å². The van der Waals surface area contributed by atoms with Crippen LogP contribution in [0.15, 0.2) is 24.3 Å². The fourth-order valence-corrected chi connectivity index (χ4v) is 1.66. The number of ether oxygens (including phenoxy) is 1. The van der Waals surface area contributed by atoms with Crippen LogP contribution in [0, 0.1) is 11.3 Å². The van der Waals surface area contributed by atoms with Gasteiger partial charge in [-0.2, -0.15) is 5.26 Å². The zero-order valence-electron chi connectivity index (χ0n) is 12.0. The van der Waals surface area contributed by atoms with Gasteiger partial charge < -0.3 is 9.84 Å². The summed E-state index contributed by atoms with van der Waals surface area (Å²) in [6.45, 7) is 5.27. The summed E-state index contributed by atoms with van der Waals surface area (Å²) in [6, 6.07) is 8.52. The minimum absolute atomic E-state index is 0.0164. The lowest BCUT2D eigenvalue weighted by molar-refractivity contribution is -0.153. The maximum absolute atomic E-state index is 11.6. The molecule has 20 heavy (non-hydrogen) atoms. The van der Waals surface area contributed by atoms with Gasteiger partial charge in [0.25, 0.3) is 0 Å². The molecule has 1 aromatic carbocycles. The molecule has 1 aromatic rings. The van der Waals surface area contributed by atoms with E-state index in [2.05, 4.69) is 5.32 Å². The van der Waals surface area contributed by atoms with Crippen LogP contribution in [-0.2, 0) is 9.53 Å². The molecule has 1 rings (SSSR count). The molecule has 0 radical (unpaired) electrons. The second kappa shape index (κ2) is 7.04. The van der Waals surface area contributed by atoms with Crippen LogP contribution in [0.4, 0.5) is 0 Å². The fourth-order valence-electron chi connectivity index (χ4n) is 1.66. The van der Waals surface area contributed by atoms with Gasteiger partial charge in [0, 0.05) is 0 Å². The first-order valence-electron chi connectivity index (χ1n) is 6.42. The van der Waals surface area contributed by atoms with Crippen LogP contribution in [0.2, 0.25) is 0 Å². The minimum Gasteiger partial charge on any atom is -0.459 e. The van der Waals surface area contributed by atoms with Crippen LogP contribution in [0.1, 0.15) is 37.9 Å². The van der Waals surface area contributed by atoms with Gasteiger partial charge in [0.15, 0.2) is 0 Å². The Morgan fingerprint density at radius 3 is 2.45 bits per heavy atom. The van der Waals surface area contributed by atoms with Gasteiger partial charge in [-0.15, -0.1) is 0 Å². The van der Waals surface area contributed by atoms with Crippen molar-refractivity contribution in [3.8, 4) is 6.07 Å². The number of carbonyl (C=O) groups excluding carboxylic acids is 1. The van der Waals surface area contributed by atoms with Crippen LogP contribution < -0.4 is 5.32 Å². The number of benzene rings is 1. The molecule has 1 atom stereocenters. The van der Waals surface area contributed by atoms with E-state index < -0.39 is 5.60 Å². The van der Waals surface area contributed by atoms with E-state index in [9.17, 15) is 9.90 Å². The van der Waals surface area contributed by atoms with Crippen molar-refractivity contribution in [3.05, 3.63) is 35.4 Å². The Morgan fingerprint density at radius 1 is 1.40 bits per heavy atom. The molecule has 0 fully saturated rings. The summed E-state index contributed by atoms with van der Waals surface area (Å²) in [6.07, 6.45) is 0. The summed E-state index contributed by atoms with van der Waals surface area (Å²) in [5.74, 6) is -0.371. The highest BCUT2D eigenvalue weighted by Gasteiger charge is 2.18. The van der Waals surface area contributed by atoms with Crippen molar-refractivity contribution in [1.29, 1.82) is 5.26 Å². The Kier molecular flexibility index (Phi) is 5.68. The minimum atomic E-state index is -0.526. The van der Waals surface area contributed by atoms with E-state index in [0.29, 0.717) is 5.56 Å². The molecular formula is C15H20N2O3. The van der Waals surface area contributed by atoms with Crippen molar-refractivity contribution >= 4 is 5.97 Å². The van der Waals surface area contributed by atoms with Crippen molar-refractivity contribution in [2.45, 2.75) is 32.4 Å². The zero-order chi connectivity index (χ0) is 15.2. The molecule has 0 saturated carbocycles. The number of hydrogen-bond donors (Lipinski definition) is 2. The Morgan fingerprint density at radius 2 is 2.00 bits per heavy atom. The van der Waals surface area contributed by atoms with Gasteiger partial charge in [-0.05, 0) is 38.5 Å². The van der Waals surface area contributed by atoms with Crippen molar-refractivity contribution in [2.75, 3.05) is 13.2 Å². The molecule has 2 N–H and O–H groups in total. The van der Waals surface area contributed by atoms with Crippen LogP contribution in [0.5, 0.6) is 0 Å². The van der Waals surface area contributed by atoms with E-state index in [1.54, 1.807) is 45.0 Å². The number of rotatable bonds is 5. The van der Waals surface area contributed by atoms with Gasteiger partial charge in [0.05, 0.1) is 30.8 Å². The van der Waals surface area contributed by atoms with Crippen LogP contribution in [0.3, 0.4) is 0 Å². The van der Waals surface area contributed by atoms with Gasteiger partial charge in [0.2, 0.25) is 0 Å². The second-order valence-electron chi connectivity index (χ2n) is 5.44. The molecule has 0 bridgehead atoms. The smallest absolute Gasteiger partial charge is 0.320 e. The van der Waals surface area contributed by atoms with E-state index in [0.717, 1.165) is 5.56 Å². The van der Waals surface area contributed by atoms with E-state index in [4.69, 9.17) is 10.00 Å². The van der Waals surface area contributed by atoms with E-state index >= 15 is 0 Å². The Labute approximate surface area is 119 Å². The maximum atomic E-state index is 11.6. The highest BCUT2D eigenvalue weighted by Crippen LogP contribution is 2.13. The van der Waals surface area contributed by atoms with Crippen molar-refractivity contribution in [3.63, 3.8) is 0 Å². The Balaban J connectivity index is 2.59. The topological polar surface area (TPSA) is 82.3 Å². The predicted octanol–water partition coefficient (Wildman–Crippen LogP) is 1.52. The lowest BCUT2D eigenvalue weighted by Crippen LogP contribution is -2.34. The van der Waals surface area contributed by atoms with E-state index in [-0.39, 0.29) is 25.2 Å². The summed E-state index contributed by atoms with van der Waals surface area (Å²) in [5, 5.41) is 21.0. The normalized spacial score (nSPS) is 12.6. The molecule has 0 spiro atoms. The molecular weight excluding hydrogens is 256 g/mol. The molecule has 0 aliphatic rings. The average Bonchev–Trinajstić information content (AvgIpc) is 2.38. The molecule has 5 nitrogen and oxygen atoms in total. The molecule has 0 heterocycles. The third-order valence-electron chi connectivity index (χ3n) is 2.54. The molecule has 0 aromatic heterocycles. The predicted molar refractivity (Wildman–Crippen MR) is 74.8 cm³/mol. The highest BCUT2D eigenvalue weighted by atomic mass is 16.6. The van der Waals surface area contributed by atoms with Crippen molar-refractivity contribution in [1.82, 2.24) is 5.32 Å². The van der Waals surface area contributed by atoms with E-state index in [1.165, 1.54) is 0 Å². The number of hydrogen-bond acceptors (Lipinski definition) is 5. The third kappa shape index (κ3) is 5.39. The largest absolute Gasteiger partial charge is 0.459 e. The molecule has 0 aliphatic heterocycles. The number of aliphatic hydroxyl groups is 1. The lowest BCUT2D eigenvalue weighted by atomic mass is 10.1. The summed E-state index contributed by atoms with van der Waals surface area (Å²) < 4.78 is 5.18. The van der Waals surface area contributed by atoms with Crippen LogP contribution in [-0.4, -0.2) is 29.8 Å². The fraction of sp³-hybridized carbons (Fsp3) is 0.467. The summed E-state index contributed by atoms with van der Waals surface area (Å²) in [5.41, 5.74) is 0.842. The lowest BCUT2D eigenvalue weighted by Gasteiger charge is -2.21. The molecule has 5 heteroatoms. The molecule has 0 saturated heterocycles. The van der Waals surface area contributed by atoms with Gasteiger partial charge in [-0.1, -0.05) is 12.1 Å². The van der Waals surface area contributed by atoms with Crippen LogP contribution >= 0.6 is 0 Å². The number of carbonyl (C=O) groups is 1. The zero-order valence-corrected chi connectivity index (χ0v) is 12.0. The first-order valence-corrected chi connectivity index (χ1v) is 6.42. The number of nitrogens with zero attached hydrogens (tertiary/aromatic N) is 1. The number of nitriles is 1. The molecule has 0 aliphatic carbocycles. The standard InChI is InChI=1S/C15H20N2O3/c1-15(2,3)20-14(19)9-17-13(10-18)12-6-4-11(8-16)5-7-12/h4-7,13,17-18H,9-10H2,1-3H3. The van der Waals surface area contributed by atoms with Crippen molar-refractivity contribution < 1.29 is 14.6 Å². The summed E-state index contributed by atoms with van der Waals surface area (Å²) in [7, 11) is 0. The van der Waals surface area contributed by atoms with Gasteiger partial charge >= 0.3 is 5.97 Å². The first-order chi connectivity index (χ1) is 9.35. The van der Waals surface area contributed by atoms with Gasteiger partial charge in [0.1, 0.15) is 5.60 Å². The summed E-state index contributed by atoms with van der Waals surface area (Å²) >= 11 is 0. The number of nitrogens with one attached hydrogen (secondary N) is 1. The maximum Gasteiger partial charge on any atom is 0.320 e. The quantitative estimate of drug-likeness (QED) is 0.797. The van der Waals surface area contributed by atoms with Gasteiger partial charge in [-0.25, -0.2) is 0 Å². The SMILES string of the molecule is CC(C)(C)OC(=O)CNC(CO)c1ccc(C#N)cc1. The van der Waals surface area contributed by atoms with Gasteiger partial charge in [-0.3, -0.25) is 10.1 Å². The summed E-state index contributed by atoms with van der Waals surface area (Å²) in [4.78, 5) is 11.6. The second-order valence-corrected chi connectivity index (χ2v) is 5.44. The third-order valence-corrected chi connectivity index (χ3v) is 2.54. The molecule has 0 amide bonds. The Bertz CT molecular complexity index is 483. The average molecular weight is 276 g/mol. The van der Waals surface area contributed by atoms with Crippen molar-refractivity contribution in [2.24, 2.45) is 0 Å². The van der Waals surface area contributed by atoms with E-state index in [1.807, 2.05) is 6.07 Å². The first kappa shape index (κ1) is 16.2. The number of aliphatic hydroxyl groups excluding tert-OH is 1.